The van der Waals surface area contributed by atoms with Crippen LogP contribution in [-0.4, -0.2) is 30.0 Å². The summed E-state index contributed by atoms with van der Waals surface area (Å²) >= 11 is 0. The van der Waals surface area contributed by atoms with Gasteiger partial charge in [0.05, 0.1) is 10.5 Å². The van der Waals surface area contributed by atoms with Gasteiger partial charge in [-0.1, -0.05) is 6.92 Å². The normalized spacial score (nSPS) is 17.0. The van der Waals surface area contributed by atoms with Gasteiger partial charge in [0, 0.05) is 31.1 Å². The molecule has 2 rings (SSSR count). The molecule has 0 radical (unpaired) electrons. The molecule has 1 N–H and O–H groups in total. The van der Waals surface area contributed by atoms with E-state index in [0.717, 1.165) is 18.6 Å². The first kappa shape index (κ1) is 20.0. The summed E-state index contributed by atoms with van der Waals surface area (Å²) in [5.74, 6) is -0.227. The second-order valence-electron chi connectivity index (χ2n) is 6.54. The van der Waals surface area contributed by atoms with Crippen LogP contribution in [0.3, 0.4) is 0 Å². The van der Waals surface area contributed by atoms with Gasteiger partial charge in [0.25, 0.3) is 5.69 Å². The number of nitrogens with one attached hydrogen (secondary N) is 1. The largest absolute Gasteiger partial charge is 0.416 e. The Hall–Kier alpha value is -2.32. The van der Waals surface area contributed by atoms with Crippen LogP contribution in [0.15, 0.2) is 18.2 Å². The van der Waals surface area contributed by atoms with E-state index in [1.54, 1.807) is 4.90 Å². The third-order valence-electron chi connectivity index (χ3n) is 4.71. The molecule has 1 fully saturated rings. The molecular formula is C17H22F3N3O3. The van der Waals surface area contributed by atoms with E-state index < -0.39 is 22.4 Å². The number of halogens is 3. The lowest BCUT2D eigenvalue weighted by atomic mass is 9.95. The molecular weight excluding hydrogens is 351 g/mol. The summed E-state index contributed by atoms with van der Waals surface area (Å²) in [7, 11) is 0. The van der Waals surface area contributed by atoms with Crippen molar-refractivity contribution in [3.05, 3.63) is 33.9 Å². The van der Waals surface area contributed by atoms with Crippen molar-refractivity contribution in [2.45, 2.75) is 45.3 Å². The van der Waals surface area contributed by atoms with Crippen LogP contribution in [0, 0.1) is 16.0 Å². The van der Waals surface area contributed by atoms with Crippen LogP contribution >= 0.6 is 0 Å². The van der Waals surface area contributed by atoms with Crippen LogP contribution in [0.5, 0.6) is 0 Å². The molecule has 1 heterocycles. The molecule has 0 aromatic heterocycles. The number of carbonyl (C=O) groups excluding carboxylic acids is 1. The van der Waals surface area contributed by atoms with E-state index in [-0.39, 0.29) is 23.6 Å². The van der Waals surface area contributed by atoms with E-state index in [1.807, 2.05) is 13.8 Å². The Morgan fingerprint density at radius 2 is 2.00 bits per heavy atom. The van der Waals surface area contributed by atoms with Crippen LogP contribution in [0.4, 0.5) is 24.5 Å². The number of rotatable bonds is 5. The molecule has 1 aliphatic rings. The number of amides is 1. The topological polar surface area (TPSA) is 75.5 Å². The van der Waals surface area contributed by atoms with Crippen molar-refractivity contribution in [3.8, 4) is 0 Å². The molecule has 0 bridgehead atoms. The number of piperidine rings is 1. The molecule has 6 nitrogen and oxygen atoms in total. The van der Waals surface area contributed by atoms with Crippen LogP contribution < -0.4 is 10.2 Å². The minimum atomic E-state index is -4.63. The highest BCUT2D eigenvalue weighted by Gasteiger charge is 2.35. The number of carbonyl (C=O) groups is 1. The van der Waals surface area contributed by atoms with E-state index in [2.05, 4.69) is 5.32 Å². The maximum Gasteiger partial charge on any atom is 0.416 e. The van der Waals surface area contributed by atoms with Crippen molar-refractivity contribution in [3.63, 3.8) is 0 Å². The van der Waals surface area contributed by atoms with Gasteiger partial charge in [0.2, 0.25) is 5.91 Å². The fourth-order valence-corrected chi connectivity index (χ4v) is 2.96. The van der Waals surface area contributed by atoms with Crippen molar-refractivity contribution in [2.75, 3.05) is 18.0 Å². The van der Waals surface area contributed by atoms with Gasteiger partial charge >= 0.3 is 6.18 Å². The molecule has 0 aliphatic carbocycles. The first-order valence-corrected chi connectivity index (χ1v) is 8.54. The highest BCUT2D eigenvalue weighted by molar-refractivity contribution is 5.79. The van der Waals surface area contributed by atoms with Crippen molar-refractivity contribution in [1.29, 1.82) is 0 Å². The maximum absolute atomic E-state index is 12.8. The predicted octanol–water partition coefficient (Wildman–Crippen LogP) is 3.74. The molecule has 1 aromatic carbocycles. The molecule has 0 spiro atoms. The van der Waals surface area contributed by atoms with Gasteiger partial charge in [-0.2, -0.15) is 13.2 Å². The number of hydrogen-bond donors (Lipinski definition) is 1. The van der Waals surface area contributed by atoms with Gasteiger partial charge < -0.3 is 10.2 Å². The van der Waals surface area contributed by atoms with Gasteiger partial charge in [-0.05, 0) is 38.3 Å². The molecule has 0 saturated carbocycles. The number of benzene rings is 1. The number of nitro benzene ring substituents is 1. The van der Waals surface area contributed by atoms with Crippen LogP contribution in [-0.2, 0) is 11.0 Å². The zero-order valence-corrected chi connectivity index (χ0v) is 14.7. The highest BCUT2D eigenvalue weighted by Crippen LogP contribution is 2.37. The standard InChI is InChI=1S/C17H22F3N3O3/c1-3-11(2)21-16(24)12-6-8-22(9-7-12)14-5-4-13(17(18,19)20)10-15(14)23(25)26/h4-5,10-12H,3,6-9H2,1-2H3,(H,21,24). The van der Waals surface area contributed by atoms with E-state index in [1.165, 1.54) is 0 Å². The summed E-state index contributed by atoms with van der Waals surface area (Å²) in [5.41, 5.74) is -1.46. The molecule has 1 unspecified atom stereocenters. The van der Waals surface area contributed by atoms with Crippen LogP contribution in [0.2, 0.25) is 0 Å². The van der Waals surface area contributed by atoms with E-state index >= 15 is 0 Å². The number of anilines is 1. The Morgan fingerprint density at radius 3 is 2.50 bits per heavy atom. The summed E-state index contributed by atoms with van der Waals surface area (Å²) in [4.78, 5) is 24.3. The number of hydrogen-bond acceptors (Lipinski definition) is 4. The van der Waals surface area contributed by atoms with E-state index in [0.29, 0.717) is 32.0 Å². The number of nitro groups is 1. The second-order valence-corrected chi connectivity index (χ2v) is 6.54. The third kappa shape index (κ3) is 4.64. The Morgan fingerprint density at radius 1 is 1.38 bits per heavy atom. The molecule has 1 atom stereocenters. The number of nitrogens with zero attached hydrogens (tertiary/aromatic N) is 2. The third-order valence-corrected chi connectivity index (χ3v) is 4.71. The fraction of sp³-hybridized carbons (Fsp3) is 0.588. The fourth-order valence-electron chi connectivity index (χ4n) is 2.96. The Balaban J connectivity index is 2.11. The summed E-state index contributed by atoms with van der Waals surface area (Å²) < 4.78 is 38.4. The molecule has 1 aliphatic heterocycles. The summed E-state index contributed by atoms with van der Waals surface area (Å²) in [6.07, 6.45) is -2.81. The molecule has 1 saturated heterocycles. The smallest absolute Gasteiger partial charge is 0.366 e. The van der Waals surface area contributed by atoms with Gasteiger partial charge in [-0.15, -0.1) is 0 Å². The molecule has 1 aromatic rings. The van der Waals surface area contributed by atoms with Crippen molar-refractivity contribution < 1.29 is 22.9 Å². The Labute approximate surface area is 149 Å². The van der Waals surface area contributed by atoms with Crippen LogP contribution in [0.1, 0.15) is 38.7 Å². The first-order valence-electron chi connectivity index (χ1n) is 8.54. The van der Waals surface area contributed by atoms with Crippen LogP contribution in [0.25, 0.3) is 0 Å². The highest BCUT2D eigenvalue weighted by atomic mass is 19.4. The average molecular weight is 373 g/mol. The maximum atomic E-state index is 12.8. The lowest BCUT2D eigenvalue weighted by Crippen LogP contribution is -2.43. The summed E-state index contributed by atoms with van der Waals surface area (Å²) in [5, 5.41) is 14.1. The van der Waals surface area contributed by atoms with Gasteiger partial charge in [0.1, 0.15) is 5.69 Å². The van der Waals surface area contributed by atoms with Gasteiger partial charge in [-0.25, -0.2) is 0 Å². The molecule has 1 amide bonds. The predicted molar refractivity (Wildman–Crippen MR) is 90.9 cm³/mol. The molecule has 144 valence electrons. The van der Waals surface area contributed by atoms with Crippen molar-refractivity contribution >= 4 is 17.3 Å². The Kier molecular flexibility index (Phi) is 6.09. The van der Waals surface area contributed by atoms with Crippen molar-refractivity contribution in [2.24, 2.45) is 5.92 Å². The van der Waals surface area contributed by atoms with Gasteiger partial charge in [0.15, 0.2) is 0 Å². The Bertz CT molecular complexity index is 671. The quantitative estimate of drug-likeness (QED) is 0.630. The SMILES string of the molecule is CCC(C)NC(=O)C1CCN(c2ccc(C(F)(F)F)cc2[N+](=O)[O-])CC1. The number of alkyl halides is 3. The monoisotopic (exact) mass is 373 g/mol. The van der Waals surface area contributed by atoms with E-state index in [9.17, 15) is 28.1 Å². The lowest BCUT2D eigenvalue weighted by molar-refractivity contribution is -0.384. The lowest BCUT2D eigenvalue weighted by Gasteiger charge is -2.33. The minimum absolute atomic E-state index is 0.0408. The minimum Gasteiger partial charge on any atom is -0.366 e. The van der Waals surface area contributed by atoms with Gasteiger partial charge in [-0.3, -0.25) is 14.9 Å². The molecule has 26 heavy (non-hydrogen) atoms. The summed E-state index contributed by atoms with van der Waals surface area (Å²) in [6.45, 7) is 4.64. The second kappa shape index (κ2) is 7.92. The average Bonchev–Trinajstić information content (AvgIpc) is 2.60. The zero-order valence-electron chi connectivity index (χ0n) is 14.7. The molecule has 9 heteroatoms. The summed E-state index contributed by atoms with van der Waals surface area (Å²) in [6, 6.07) is 2.64. The van der Waals surface area contributed by atoms with Crippen molar-refractivity contribution in [1.82, 2.24) is 5.32 Å². The van der Waals surface area contributed by atoms with E-state index in [4.69, 9.17) is 0 Å². The first-order chi connectivity index (χ1) is 12.1. The zero-order chi connectivity index (χ0) is 19.5.